The molecule has 0 unspecified atom stereocenters. The van der Waals surface area contributed by atoms with Gasteiger partial charge in [-0.25, -0.2) is 4.79 Å². The van der Waals surface area contributed by atoms with E-state index in [2.05, 4.69) is 113 Å². The van der Waals surface area contributed by atoms with E-state index in [0.717, 1.165) is 53.2 Å². The van der Waals surface area contributed by atoms with E-state index in [1.807, 2.05) is 86.6 Å². The maximum atomic E-state index is 13.3. The van der Waals surface area contributed by atoms with Crippen molar-refractivity contribution in [3.05, 3.63) is 141 Å². The Morgan fingerprint density at radius 1 is 0.580 bits per heavy atom. The summed E-state index contributed by atoms with van der Waals surface area (Å²) in [5.74, 6) is 0.0564. The Morgan fingerprint density at radius 2 is 1.02 bits per heavy atom. The first kappa shape index (κ1) is 39.6. The van der Waals surface area contributed by atoms with Crippen molar-refractivity contribution in [2.45, 2.75) is 51.6 Å². The van der Waals surface area contributed by atoms with E-state index in [1.54, 1.807) is 6.07 Å². The Kier molecular flexibility index (Phi) is 13.5. The minimum Gasteiger partial charge on any atom is -0.507 e. The van der Waals surface area contributed by atoms with Gasteiger partial charge in [-0.15, -0.1) is 0 Å². The van der Waals surface area contributed by atoms with Crippen LogP contribution in [0.25, 0.3) is 0 Å². The van der Waals surface area contributed by atoms with Crippen LogP contribution < -0.4 is 0 Å². The number of ether oxygens (including phenoxy) is 1. The van der Waals surface area contributed by atoms with Gasteiger partial charge < -0.3 is 25.2 Å². The molecule has 0 saturated heterocycles. The summed E-state index contributed by atoms with van der Waals surface area (Å²) in [5.41, 5.74) is 5.89. The summed E-state index contributed by atoms with van der Waals surface area (Å²) in [7, 11) is 0. The predicted octanol–water partition coefficient (Wildman–Crippen LogP) is 11.1. The molecule has 0 aliphatic rings. The molecule has 0 saturated carbocycles. The summed E-state index contributed by atoms with van der Waals surface area (Å²) in [5, 5.41) is 43.1. The number of phenolic OH excluding ortho intramolecular Hbond substituents is 4. The smallest absolute Gasteiger partial charge is 0.342 e. The van der Waals surface area contributed by atoms with Crippen LogP contribution in [-0.4, -0.2) is 26.4 Å². The first-order valence-corrected chi connectivity index (χ1v) is 21.0. The summed E-state index contributed by atoms with van der Waals surface area (Å²) in [6.45, 7) is 3.89. The molecule has 0 fully saturated rings. The lowest BCUT2D eigenvalue weighted by Crippen LogP contribution is -2.30. The van der Waals surface area contributed by atoms with Gasteiger partial charge in [-0.3, -0.25) is 0 Å². The molecule has 0 radical (unpaired) electrons. The van der Waals surface area contributed by atoms with Gasteiger partial charge in [-0.2, -0.15) is 0 Å². The number of carbonyl (C=O) groups is 1. The summed E-state index contributed by atoms with van der Waals surface area (Å²) in [6, 6.07) is 25.2. The fraction of sp³-hybridized carbons (Fsp3) is 0.205. The van der Waals surface area contributed by atoms with Crippen LogP contribution in [0.2, 0.25) is 0 Å². The lowest BCUT2D eigenvalue weighted by atomic mass is 9.67. The van der Waals surface area contributed by atoms with Crippen molar-refractivity contribution in [1.82, 2.24) is 0 Å². The van der Waals surface area contributed by atoms with Crippen molar-refractivity contribution in [3.8, 4) is 23.0 Å². The highest BCUT2D eigenvalue weighted by Gasteiger charge is 2.36. The molecule has 5 aromatic rings. The molecule has 0 aliphatic carbocycles. The molecule has 0 atom stereocenters. The molecule has 50 heavy (non-hydrogen) atoms. The van der Waals surface area contributed by atoms with Gasteiger partial charge in [0, 0.05) is 5.41 Å². The second kappa shape index (κ2) is 17.0. The third kappa shape index (κ3) is 8.95. The standard InChI is InChI=1S/C39H33I5O6/c1-21-12-26(18-32(43)34(21)45)39(27-13-22(2)35(46)33(44)19-27,11-9-25-16-30(41)37(48)31(42)17-25)10-8-24-14-28(36(47)29(40)15-24)38(49)50-20-23-6-4-3-5-7-23/h3-7,12-19,45-48H,8-11,20H2,1-2H3. The molecular formula is C39H33I5O6. The Morgan fingerprint density at radius 3 is 1.50 bits per heavy atom. The van der Waals surface area contributed by atoms with E-state index in [1.165, 1.54) is 0 Å². The van der Waals surface area contributed by atoms with E-state index in [4.69, 9.17) is 4.74 Å². The number of carbonyl (C=O) groups excluding carboxylic acids is 1. The maximum Gasteiger partial charge on any atom is 0.342 e. The van der Waals surface area contributed by atoms with Crippen LogP contribution in [0.15, 0.2) is 78.9 Å². The average molecular weight is 1230 g/mol. The molecule has 0 amide bonds. The number of hydrogen-bond acceptors (Lipinski definition) is 6. The van der Waals surface area contributed by atoms with E-state index in [0.29, 0.717) is 29.3 Å². The first-order valence-electron chi connectivity index (χ1n) is 15.6. The fourth-order valence-corrected chi connectivity index (χ4v) is 10.2. The molecule has 5 rings (SSSR count). The van der Waals surface area contributed by atoms with Crippen LogP contribution in [0, 0.1) is 31.7 Å². The van der Waals surface area contributed by atoms with Gasteiger partial charge in [0.2, 0.25) is 0 Å². The van der Waals surface area contributed by atoms with Crippen LogP contribution in [0.4, 0.5) is 0 Å². The molecule has 0 heterocycles. The van der Waals surface area contributed by atoms with Gasteiger partial charge in [0.05, 0.1) is 17.9 Å². The molecule has 6 nitrogen and oxygen atoms in total. The Balaban J connectivity index is 1.61. The summed E-state index contributed by atoms with van der Waals surface area (Å²) in [6.07, 6.45) is 2.52. The van der Waals surface area contributed by atoms with E-state index >= 15 is 0 Å². The van der Waals surface area contributed by atoms with Crippen LogP contribution in [0.3, 0.4) is 0 Å². The Hall–Kier alpha value is -1.58. The van der Waals surface area contributed by atoms with Crippen LogP contribution >= 0.6 is 113 Å². The third-order valence-corrected chi connectivity index (χ3v) is 13.0. The maximum absolute atomic E-state index is 13.3. The van der Waals surface area contributed by atoms with Crippen LogP contribution in [0.1, 0.15) is 62.1 Å². The number of phenols is 4. The average Bonchev–Trinajstić information content (AvgIpc) is 3.09. The minimum absolute atomic E-state index is 0.0931. The lowest BCUT2D eigenvalue weighted by Gasteiger charge is -2.37. The van der Waals surface area contributed by atoms with Crippen molar-refractivity contribution >= 4 is 119 Å². The number of halogens is 5. The third-order valence-electron chi connectivity index (χ3n) is 8.93. The van der Waals surface area contributed by atoms with E-state index < -0.39 is 11.4 Å². The largest absolute Gasteiger partial charge is 0.507 e. The number of aromatic hydroxyl groups is 4. The van der Waals surface area contributed by atoms with Gasteiger partial charge in [0.25, 0.3) is 0 Å². The second-order valence-electron chi connectivity index (χ2n) is 12.3. The first-order chi connectivity index (χ1) is 23.7. The topological polar surface area (TPSA) is 107 Å². The minimum atomic E-state index is -0.608. The highest BCUT2D eigenvalue weighted by atomic mass is 127. The van der Waals surface area contributed by atoms with Gasteiger partial charge in [-0.05, 0) is 228 Å². The fourth-order valence-electron chi connectivity index (χ4n) is 6.13. The summed E-state index contributed by atoms with van der Waals surface area (Å²) < 4.78 is 9.21. The van der Waals surface area contributed by atoms with E-state index in [-0.39, 0.29) is 35.2 Å². The SMILES string of the molecule is Cc1cc(C(CCc2cc(I)c(O)c(I)c2)(CCc2cc(I)c(O)c(C(=O)OCc3ccccc3)c2)c2cc(C)c(O)c(I)c2)cc(I)c1O. The number of benzene rings is 5. The van der Waals surface area contributed by atoms with Gasteiger partial charge in [0.15, 0.2) is 0 Å². The van der Waals surface area contributed by atoms with Gasteiger partial charge in [-0.1, -0.05) is 42.5 Å². The van der Waals surface area contributed by atoms with Crippen molar-refractivity contribution in [1.29, 1.82) is 0 Å². The molecule has 11 heteroatoms. The van der Waals surface area contributed by atoms with Gasteiger partial charge >= 0.3 is 5.97 Å². The zero-order chi connectivity index (χ0) is 36.3. The van der Waals surface area contributed by atoms with Crippen molar-refractivity contribution < 1.29 is 30.0 Å². The van der Waals surface area contributed by atoms with Crippen molar-refractivity contribution in [2.24, 2.45) is 0 Å². The predicted molar refractivity (Wildman–Crippen MR) is 238 cm³/mol. The van der Waals surface area contributed by atoms with Crippen LogP contribution in [0.5, 0.6) is 23.0 Å². The molecular weight excluding hydrogens is 1200 g/mol. The molecule has 0 spiro atoms. The summed E-state index contributed by atoms with van der Waals surface area (Å²) >= 11 is 10.7. The molecule has 0 aromatic heterocycles. The molecule has 4 N–H and O–H groups in total. The van der Waals surface area contributed by atoms with Crippen molar-refractivity contribution in [2.75, 3.05) is 0 Å². The number of rotatable bonds is 11. The number of aryl methyl sites for hydroxylation is 4. The highest BCUT2D eigenvalue weighted by molar-refractivity contribution is 14.1. The number of esters is 1. The van der Waals surface area contributed by atoms with Crippen LogP contribution in [-0.2, 0) is 29.6 Å². The highest BCUT2D eigenvalue weighted by Crippen LogP contribution is 2.46. The molecule has 0 aliphatic heterocycles. The number of hydrogen-bond donors (Lipinski definition) is 4. The molecule has 0 bridgehead atoms. The lowest BCUT2D eigenvalue weighted by molar-refractivity contribution is 0.0469. The molecule has 260 valence electrons. The summed E-state index contributed by atoms with van der Waals surface area (Å²) in [4.78, 5) is 13.3. The zero-order valence-corrected chi connectivity index (χ0v) is 37.8. The quantitative estimate of drug-likeness (QED) is 0.0775. The normalized spacial score (nSPS) is 11.5. The Bertz CT molecular complexity index is 1940. The van der Waals surface area contributed by atoms with Gasteiger partial charge in [0.1, 0.15) is 35.2 Å². The Labute approximate surface area is 360 Å². The monoisotopic (exact) mass is 1230 g/mol. The van der Waals surface area contributed by atoms with E-state index in [9.17, 15) is 25.2 Å². The van der Waals surface area contributed by atoms with Crippen molar-refractivity contribution in [3.63, 3.8) is 0 Å². The molecule has 5 aromatic carbocycles. The second-order valence-corrected chi connectivity index (χ2v) is 18.1. The zero-order valence-electron chi connectivity index (χ0n) is 27.0.